The van der Waals surface area contributed by atoms with Crippen molar-refractivity contribution in [3.05, 3.63) is 107 Å². The second-order valence-corrected chi connectivity index (χ2v) is 8.91. The van der Waals surface area contributed by atoms with Crippen LogP contribution in [-0.2, 0) is 6.42 Å². The Balaban J connectivity index is 1.46. The first kappa shape index (κ1) is 21.5. The van der Waals surface area contributed by atoms with E-state index in [9.17, 15) is 10.5 Å². The molecule has 2 heterocycles. The van der Waals surface area contributed by atoms with Gasteiger partial charge in [-0.1, -0.05) is 66.2 Å². The van der Waals surface area contributed by atoms with Gasteiger partial charge in [0.15, 0.2) is 11.4 Å². The molecule has 0 amide bonds. The maximum atomic E-state index is 9.87. The summed E-state index contributed by atoms with van der Waals surface area (Å²) in [4.78, 5) is 9.13. The molecule has 0 aliphatic heterocycles. The molecule has 6 rings (SSSR count). The lowest BCUT2D eigenvalue weighted by Gasteiger charge is -2.13. The fourth-order valence-corrected chi connectivity index (χ4v) is 4.94. The van der Waals surface area contributed by atoms with Gasteiger partial charge in [-0.25, -0.2) is 9.97 Å². The molecule has 170 valence electrons. The Morgan fingerprint density at radius 3 is 2.03 bits per heavy atom. The quantitative estimate of drug-likeness (QED) is 0.296. The topological polar surface area (TPSA) is 78.3 Å². The molecule has 2 aromatic heterocycles. The van der Waals surface area contributed by atoms with Gasteiger partial charge in [-0.15, -0.1) is 0 Å². The van der Waals surface area contributed by atoms with Gasteiger partial charge in [0, 0.05) is 27.9 Å². The standard InChI is InChI=1S/C31H21N5/c1-20-10-12-21(13-11-20)30-26(18-32)35-31(27(19-33)34-30)22-14-16-23(17-15-22)36-28-8-4-2-6-24(28)25-7-3-5-9-29(25)36/h2,4-6,8-17H,3,7H2,1H3. The molecule has 1 aliphatic carbocycles. The molecule has 5 aromatic rings. The molecule has 0 N–H and O–H groups in total. The minimum absolute atomic E-state index is 0.198. The molecule has 5 nitrogen and oxygen atoms in total. The highest BCUT2D eigenvalue weighted by atomic mass is 15.0. The zero-order chi connectivity index (χ0) is 24.6. The highest BCUT2D eigenvalue weighted by Gasteiger charge is 2.19. The molecule has 0 saturated carbocycles. The number of para-hydroxylation sites is 1. The summed E-state index contributed by atoms with van der Waals surface area (Å²) in [5.41, 5.74) is 8.64. The van der Waals surface area contributed by atoms with Crippen LogP contribution in [0.3, 0.4) is 0 Å². The SMILES string of the molecule is Cc1ccc(-c2nc(C#N)c(-c3ccc(-n4c5c(c6ccccc64)CCC=C5)cc3)nc2C#N)cc1. The van der Waals surface area contributed by atoms with Crippen molar-refractivity contribution >= 4 is 17.0 Å². The van der Waals surface area contributed by atoms with Crippen LogP contribution >= 0.6 is 0 Å². The van der Waals surface area contributed by atoms with E-state index in [0.717, 1.165) is 35.2 Å². The van der Waals surface area contributed by atoms with Gasteiger partial charge in [0.1, 0.15) is 23.5 Å². The third-order valence-corrected chi connectivity index (χ3v) is 6.69. The molecule has 0 fully saturated rings. The third-order valence-electron chi connectivity index (χ3n) is 6.69. The van der Waals surface area contributed by atoms with Gasteiger partial charge in [0.25, 0.3) is 0 Å². The number of rotatable bonds is 3. The monoisotopic (exact) mass is 463 g/mol. The molecule has 1 aliphatic rings. The average Bonchev–Trinajstić information content (AvgIpc) is 3.27. The second kappa shape index (κ2) is 8.65. The molecular weight excluding hydrogens is 442 g/mol. The number of fused-ring (bicyclic) bond motifs is 3. The van der Waals surface area contributed by atoms with E-state index in [1.807, 2.05) is 55.5 Å². The van der Waals surface area contributed by atoms with Crippen LogP contribution in [0.1, 0.15) is 34.6 Å². The molecule has 3 aromatic carbocycles. The summed E-state index contributed by atoms with van der Waals surface area (Å²) < 4.78 is 2.28. The van der Waals surface area contributed by atoms with Crippen LogP contribution in [0.2, 0.25) is 0 Å². The fraction of sp³-hybridized carbons (Fsp3) is 0.0968. The van der Waals surface area contributed by atoms with Crippen LogP contribution < -0.4 is 0 Å². The van der Waals surface area contributed by atoms with Crippen LogP contribution in [0.25, 0.3) is 45.2 Å². The highest BCUT2D eigenvalue weighted by Crippen LogP contribution is 2.34. The predicted molar refractivity (Wildman–Crippen MR) is 141 cm³/mol. The number of benzene rings is 3. The smallest absolute Gasteiger partial charge is 0.167 e. The maximum Gasteiger partial charge on any atom is 0.167 e. The minimum atomic E-state index is 0.198. The largest absolute Gasteiger partial charge is 0.310 e. The number of nitriles is 2. The van der Waals surface area contributed by atoms with Crippen molar-refractivity contribution in [1.29, 1.82) is 10.5 Å². The Bertz CT molecular complexity index is 1740. The predicted octanol–water partition coefficient (Wildman–Crippen LogP) is 6.77. The summed E-state index contributed by atoms with van der Waals surface area (Å²) in [6, 6.07) is 28.5. The first-order valence-corrected chi connectivity index (χ1v) is 11.9. The van der Waals surface area contributed by atoms with Crippen molar-refractivity contribution in [1.82, 2.24) is 14.5 Å². The van der Waals surface area contributed by atoms with Crippen LogP contribution in [-0.4, -0.2) is 14.5 Å². The number of hydrogen-bond donors (Lipinski definition) is 0. The van der Waals surface area contributed by atoms with Crippen molar-refractivity contribution in [2.75, 3.05) is 0 Å². The number of aromatic nitrogens is 3. The Hall–Kier alpha value is -5.00. The van der Waals surface area contributed by atoms with E-state index >= 15 is 0 Å². The van der Waals surface area contributed by atoms with E-state index < -0.39 is 0 Å². The summed E-state index contributed by atoms with van der Waals surface area (Å²) in [5, 5.41) is 21.0. The summed E-state index contributed by atoms with van der Waals surface area (Å²) in [6.45, 7) is 2.00. The van der Waals surface area contributed by atoms with Crippen molar-refractivity contribution in [2.24, 2.45) is 0 Å². The van der Waals surface area contributed by atoms with E-state index in [2.05, 4.69) is 63.1 Å². The lowest BCUT2D eigenvalue weighted by atomic mass is 10.0. The summed E-state index contributed by atoms with van der Waals surface area (Å²) in [7, 11) is 0. The highest BCUT2D eigenvalue weighted by molar-refractivity contribution is 5.90. The Morgan fingerprint density at radius 1 is 0.778 bits per heavy atom. The Morgan fingerprint density at radius 2 is 1.39 bits per heavy atom. The Kier molecular flexibility index (Phi) is 5.17. The minimum Gasteiger partial charge on any atom is -0.310 e. The van der Waals surface area contributed by atoms with Gasteiger partial charge < -0.3 is 4.57 Å². The number of hydrogen-bond acceptors (Lipinski definition) is 4. The van der Waals surface area contributed by atoms with Crippen LogP contribution in [0.5, 0.6) is 0 Å². The van der Waals surface area contributed by atoms with E-state index in [0.29, 0.717) is 11.4 Å². The van der Waals surface area contributed by atoms with Gasteiger partial charge in [-0.3, -0.25) is 0 Å². The van der Waals surface area contributed by atoms with Crippen molar-refractivity contribution in [3.8, 4) is 40.3 Å². The lowest BCUT2D eigenvalue weighted by molar-refractivity contribution is 0.967. The molecule has 0 atom stereocenters. The first-order chi connectivity index (χ1) is 17.7. The summed E-state index contributed by atoms with van der Waals surface area (Å²) in [6.07, 6.45) is 6.51. The molecule has 0 bridgehead atoms. The third kappa shape index (κ3) is 3.47. The van der Waals surface area contributed by atoms with Crippen LogP contribution in [0, 0.1) is 29.6 Å². The molecule has 36 heavy (non-hydrogen) atoms. The number of nitrogens with zero attached hydrogens (tertiary/aromatic N) is 5. The normalized spacial score (nSPS) is 12.2. The zero-order valence-corrected chi connectivity index (χ0v) is 19.7. The zero-order valence-electron chi connectivity index (χ0n) is 19.7. The van der Waals surface area contributed by atoms with E-state index in [1.165, 1.54) is 22.2 Å². The lowest BCUT2D eigenvalue weighted by Crippen LogP contribution is -2.02. The summed E-state index contributed by atoms with van der Waals surface area (Å²) in [5.74, 6) is 0. The van der Waals surface area contributed by atoms with Crippen LogP contribution in [0.15, 0.2) is 78.9 Å². The van der Waals surface area contributed by atoms with E-state index in [-0.39, 0.29) is 11.4 Å². The molecule has 0 unspecified atom stereocenters. The van der Waals surface area contributed by atoms with Crippen LogP contribution in [0.4, 0.5) is 0 Å². The van der Waals surface area contributed by atoms with Crippen molar-refractivity contribution in [3.63, 3.8) is 0 Å². The molecule has 0 spiro atoms. The molecule has 0 saturated heterocycles. The van der Waals surface area contributed by atoms with Crippen molar-refractivity contribution in [2.45, 2.75) is 19.8 Å². The van der Waals surface area contributed by atoms with E-state index in [1.54, 1.807) is 0 Å². The van der Waals surface area contributed by atoms with Gasteiger partial charge >= 0.3 is 0 Å². The molecule has 0 radical (unpaired) electrons. The number of aryl methyl sites for hydroxylation is 2. The molecule has 5 heteroatoms. The molecular formula is C31H21N5. The Labute approximate surface area is 209 Å². The van der Waals surface area contributed by atoms with E-state index in [4.69, 9.17) is 0 Å². The maximum absolute atomic E-state index is 9.87. The first-order valence-electron chi connectivity index (χ1n) is 11.9. The average molecular weight is 464 g/mol. The van der Waals surface area contributed by atoms with Crippen molar-refractivity contribution < 1.29 is 0 Å². The second-order valence-electron chi connectivity index (χ2n) is 8.91. The number of allylic oxidation sites excluding steroid dienone is 1. The van der Waals surface area contributed by atoms with Gasteiger partial charge in [-0.2, -0.15) is 10.5 Å². The van der Waals surface area contributed by atoms with Gasteiger partial charge in [-0.05, 0) is 49.6 Å². The fourth-order valence-electron chi connectivity index (χ4n) is 4.94. The summed E-state index contributed by atoms with van der Waals surface area (Å²) >= 11 is 0. The van der Waals surface area contributed by atoms with Gasteiger partial charge in [0.2, 0.25) is 0 Å². The van der Waals surface area contributed by atoms with Gasteiger partial charge in [0.05, 0.1) is 5.52 Å².